The Morgan fingerprint density at radius 2 is 1.32 bits per heavy atom. The van der Waals surface area contributed by atoms with Crippen molar-refractivity contribution >= 4 is 21.8 Å². The quantitative estimate of drug-likeness (QED) is 0.146. The molecule has 7 rings (SSSR count). The number of phenols is 1. The van der Waals surface area contributed by atoms with E-state index in [-0.39, 0.29) is 11.9 Å². The summed E-state index contributed by atoms with van der Waals surface area (Å²) in [7, 11) is 0. The van der Waals surface area contributed by atoms with E-state index in [2.05, 4.69) is 103 Å². The molecule has 2 aromatic heterocycles. The molecular formula is C41H42N2O3V+. The third-order valence-electron chi connectivity index (χ3n) is 7.14. The molecule has 238 valence electrons. The summed E-state index contributed by atoms with van der Waals surface area (Å²) in [6.07, 6.45) is 10.2. The number of aliphatic hydroxyl groups is 1. The molecule has 5 nitrogen and oxygen atoms in total. The summed E-state index contributed by atoms with van der Waals surface area (Å²) in [6.45, 7) is 11.6. The van der Waals surface area contributed by atoms with Crippen molar-refractivity contribution in [2.45, 2.75) is 40.3 Å². The molecule has 6 heteroatoms. The van der Waals surface area contributed by atoms with Gasteiger partial charge in [-0.2, -0.15) is 11.5 Å². The van der Waals surface area contributed by atoms with E-state index in [1.807, 2.05) is 54.6 Å². The Morgan fingerprint density at radius 3 is 1.87 bits per heavy atom. The van der Waals surface area contributed by atoms with Gasteiger partial charge in [-0.1, -0.05) is 78.9 Å². The van der Waals surface area contributed by atoms with Crippen molar-refractivity contribution in [2.24, 2.45) is 0 Å². The number of nitrogens with zero attached hydrogens (tertiary/aromatic N) is 2. The van der Waals surface area contributed by atoms with E-state index >= 15 is 0 Å². The fraction of sp³-hybridized carbons (Fsp3) is 0.146. The number of allylic oxidation sites excluding steroid dienone is 2. The van der Waals surface area contributed by atoms with Crippen LogP contribution in [0.25, 0.3) is 44.1 Å². The topological polar surface area (TPSA) is 74.3 Å². The average molecular weight is 662 g/mol. The Balaban J connectivity index is 0.000000214. The van der Waals surface area contributed by atoms with Crippen LogP contribution in [-0.2, 0) is 27.6 Å². The van der Waals surface area contributed by atoms with Crippen molar-refractivity contribution in [3.05, 3.63) is 159 Å². The SMILES string of the molecule is CC(C)O.CC[n+]1cccc2ccc(-c3ccccc3)c([C]3C=C[CH-]3)c21.Oc1c(-c2ccccc2)ccc2cccnc12.[CH2-]C.[O]=[V+2]. The summed E-state index contributed by atoms with van der Waals surface area (Å²) in [5.74, 6) is 1.56. The third-order valence-corrected chi connectivity index (χ3v) is 7.14. The van der Waals surface area contributed by atoms with Crippen molar-refractivity contribution in [1.82, 2.24) is 4.98 Å². The van der Waals surface area contributed by atoms with E-state index in [1.54, 1.807) is 27.0 Å². The van der Waals surface area contributed by atoms with Gasteiger partial charge in [0.05, 0.1) is 0 Å². The first-order chi connectivity index (χ1) is 23.0. The minimum atomic E-state index is -0.167. The monoisotopic (exact) mass is 661 g/mol. The molecular weight excluding hydrogens is 619 g/mol. The van der Waals surface area contributed by atoms with Crippen molar-refractivity contribution in [3.8, 4) is 28.0 Å². The van der Waals surface area contributed by atoms with Crippen LogP contribution in [0.15, 0.2) is 134 Å². The fourth-order valence-corrected chi connectivity index (χ4v) is 5.13. The maximum absolute atomic E-state index is 10.2. The summed E-state index contributed by atoms with van der Waals surface area (Å²) in [5, 5.41) is 20.5. The molecule has 1 aliphatic rings. The first kappa shape index (κ1) is 36.9. The number of aromatic nitrogens is 2. The Labute approximate surface area is 288 Å². The number of aliphatic hydroxyl groups excluding tert-OH is 1. The van der Waals surface area contributed by atoms with Crippen LogP contribution in [0.4, 0.5) is 0 Å². The Morgan fingerprint density at radius 1 is 0.787 bits per heavy atom. The molecule has 47 heavy (non-hydrogen) atoms. The van der Waals surface area contributed by atoms with Crippen LogP contribution >= 0.6 is 0 Å². The molecule has 2 N–H and O–H groups in total. The molecule has 0 aliphatic heterocycles. The van der Waals surface area contributed by atoms with E-state index in [4.69, 9.17) is 8.78 Å². The first-order valence-corrected chi connectivity index (χ1v) is 16.1. The zero-order valence-electron chi connectivity index (χ0n) is 27.4. The van der Waals surface area contributed by atoms with E-state index in [9.17, 15) is 5.11 Å². The van der Waals surface area contributed by atoms with Gasteiger partial charge in [-0.3, -0.25) is 4.98 Å². The number of hydrogen-bond acceptors (Lipinski definition) is 4. The van der Waals surface area contributed by atoms with E-state index in [0.29, 0.717) is 5.52 Å². The molecule has 0 fully saturated rings. The van der Waals surface area contributed by atoms with Crippen LogP contribution in [-0.4, -0.2) is 21.3 Å². The van der Waals surface area contributed by atoms with E-state index in [0.717, 1.165) is 40.4 Å². The molecule has 1 aliphatic carbocycles. The van der Waals surface area contributed by atoms with Gasteiger partial charge < -0.3 is 17.1 Å². The summed E-state index contributed by atoms with van der Waals surface area (Å²) in [5.41, 5.74) is 7.70. The van der Waals surface area contributed by atoms with Gasteiger partial charge in [0.25, 0.3) is 0 Å². The van der Waals surface area contributed by atoms with Crippen LogP contribution in [0.2, 0.25) is 0 Å². The van der Waals surface area contributed by atoms with Gasteiger partial charge in [0.2, 0.25) is 5.52 Å². The zero-order chi connectivity index (χ0) is 34.2. The Bertz CT molecular complexity index is 1860. The van der Waals surface area contributed by atoms with Crippen LogP contribution < -0.4 is 4.57 Å². The molecule has 0 spiro atoms. The maximum atomic E-state index is 10.2. The second-order valence-corrected chi connectivity index (χ2v) is 10.6. The van der Waals surface area contributed by atoms with Gasteiger partial charge in [0.1, 0.15) is 17.8 Å². The van der Waals surface area contributed by atoms with Gasteiger partial charge in [-0.15, -0.1) is 5.92 Å². The van der Waals surface area contributed by atoms with Gasteiger partial charge in [0.15, 0.2) is 6.20 Å². The van der Waals surface area contributed by atoms with Crippen molar-refractivity contribution in [3.63, 3.8) is 0 Å². The molecule has 1 radical (unpaired) electrons. The number of aryl methyl sites for hydroxylation is 1. The summed E-state index contributed by atoms with van der Waals surface area (Å²) in [4.78, 5) is 4.22. The number of aromatic hydroxyl groups is 1. The molecule has 0 amide bonds. The molecule has 4 aromatic carbocycles. The predicted octanol–water partition coefficient (Wildman–Crippen LogP) is 9.22. The number of rotatable bonds is 4. The molecule has 0 saturated carbocycles. The minimum absolute atomic E-state index is 0.167. The number of hydrogen-bond donors (Lipinski definition) is 2. The number of pyridine rings is 2. The molecule has 0 saturated heterocycles. The van der Waals surface area contributed by atoms with E-state index in [1.165, 1.54) is 33.5 Å². The van der Waals surface area contributed by atoms with Crippen LogP contribution in [0.3, 0.4) is 0 Å². The molecule has 2 heterocycles. The standard InChI is InChI=1S/C21H18N.C15H11NO.C3H8O.C2H5.O.V/c1-2-22-15-7-12-18-13-14-19(16-8-4-3-5-9-16)20(21(18)22)17-10-6-11-17;17-15-13(11-5-2-1-3-6-11)9-8-12-7-4-10-16-14(12)15;1-3(2)4;1-2;;/h3-15H,2H2,1H3;1-10,17H;3-4H,1-2H3;1H2,2H3;;/q;;;-1;;+2. The van der Waals surface area contributed by atoms with Gasteiger partial charge in [0, 0.05) is 40.3 Å². The fourth-order valence-electron chi connectivity index (χ4n) is 5.13. The van der Waals surface area contributed by atoms with Crippen LogP contribution in [0, 0.1) is 19.3 Å². The Hall–Kier alpha value is -4.55. The molecule has 0 atom stereocenters. The second-order valence-electron chi connectivity index (χ2n) is 10.6. The third kappa shape index (κ3) is 9.49. The first-order valence-electron chi connectivity index (χ1n) is 15.6. The van der Waals surface area contributed by atoms with Crippen LogP contribution in [0.1, 0.15) is 33.3 Å². The number of phenolic OH excluding ortho intramolecular Hbond substituents is 1. The normalized spacial score (nSPS) is 11.3. The van der Waals surface area contributed by atoms with Gasteiger partial charge >= 0.3 is 21.0 Å². The second kappa shape index (κ2) is 19.2. The number of fused-ring (bicyclic) bond motifs is 2. The molecule has 0 bridgehead atoms. The molecule has 6 aromatic rings. The number of benzene rings is 4. The summed E-state index contributed by atoms with van der Waals surface area (Å²) >= 11 is 1.06. The predicted molar refractivity (Wildman–Crippen MR) is 189 cm³/mol. The summed E-state index contributed by atoms with van der Waals surface area (Å²) in [6, 6.07) is 37.0. The van der Waals surface area contributed by atoms with Gasteiger partial charge in [-0.05, 0) is 61.7 Å². The van der Waals surface area contributed by atoms with E-state index < -0.39 is 0 Å². The van der Waals surface area contributed by atoms with Crippen molar-refractivity contribution in [2.75, 3.05) is 0 Å². The summed E-state index contributed by atoms with van der Waals surface area (Å²) < 4.78 is 10.5. The van der Waals surface area contributed by atoms with Crippen molar-refractivity contribution in [1.29, 1.82) is 0 Å². The zero-order valence-corrected chi connectivity index (χ0v) is 28.8. The van der Waals surface area contributed by atoms with Gasteiger partial charge in [-0.25, -0.2) is 18.6 Å². The Kier molecular flexibility index (Phi) is 15.1. The molecule has 0 unspecified atom stereocenters. The average Bonchev–Trinajstić information content (AvgIpc) is 3.10. The van der Waals surface area contributed by atoms with Crippen molar-refractivity contribution < 1.29 is 35.8 Å². The van der Waals surface area contributed by atoms with Crippen LogP contribution in [0.5, 0.6) is 5.75 Å².